The molecule has 0 spiro atoms. The van der Waals surface area contributed by atoms with Gasteiger partial charge in [0.15, 0.2) is 0 Å². The Hall–Kier alpha value is -1.24. The molecule has 0 bridgehead atoms. The van der Waals surface area contributed by atoms with Crippen LogP contribution in [-0.2, 0) is 17.8 Å². The van der Waals surface area contributed by atoms with Crippen LogP contribution in [0, 0.1) is 0 Å². The van der Waals surface area contributed by atoms with Crippen molar-refractivity contribution < 1.29 is 4.74 Å². The minimum atomic E-state index is 0.713. The summed E-state index contributed by atoms with van der Waals surface area (Å²) < 4.78 is 7.87. The van der Waals surface area contributed by atoms with Gasteiger partial charge in [-0.1, -0.05) is 0 Å². The maximum Gasteiger partial charge on any atom is 0.0762 e. The third-order valence-electron chi connectivity index (χ3n) is 2.59. The van der Waals surface area contributed by atoms with Crippen LogP contribution < -0.4 is 5.32 Å². The van der Waals surface area contributed by atoms with Crippen LogP contribution in [0.25, 0.3) is 0 Å². The van der Waals surface area contributed by atoms with E-state index in [0.717, 1.165) is 35.4 Å². The van der Waals surface area contributed by atoms with Crippen LogP contribution in [0.4, 0.5) is 0 Å². The molecular formula is C13H17BrN4O. The molecule has 0 aliphatic heterocycles. The Labute approximate surface area is 121 Å². The summed E-state index contributed by atoms with van der Waals surface area (Å²) >= 11 is 3.42. The zero-order valence-electron chi connectivity index (χ0n) is 10.8. The number of ether oxygens (including phenoxy) is 1. The normalized spacial score (nSPS) is 10.8. The van der Waals surface area contributed by atoms with Crippen molar-refractivity contribution >= 4 is 15.9 Å². The molecule has 2 rings (SSSR count). The van der Waals surface area contributed by atoms with E-state index in [4.69, 9.17) is 4.74 Å². The highest BCUT2D eigenvalue weighted by atomic mass is 79.9. The molecule has 0 atom stereocenters. The lowest BCUT2D eigenvalue weighted by Crippen LogP contribution is -2.19. The van der Waals surface area contributed by atoms with E-state index >= 15 is 0 Å². The molecule has 102 valence electrons. The lowest BCUT2D eigenvalue weighted by Gasteiger charge is -2.03. The summed E-state index contributed by atoms with van der Waals surface area (Å²) in [6, 6.07) is 4.07. The highest BCUT2D eigenvalue weighted by Gasteiger charge is 2.01. The van der Waals surface area contributed by atoms with E-state index in [9.17, 15) is 0 Å². The molecule has 0 fully saturated rings. The fraction of sp³-hybridized carbons (Fsp3) is 0.385. The molecule has 0 amide bonds. The van der Waals surface area contributed by atoms with Gasteiger partial charge in [0.25, 0.3) is 0 Å². The standard InChI is InChI=1S/C13H17BrN4O/c1-19-5-3-15-9-13-2-4-18(17-13)10-11-6-12(14)8-16-7-11/h2,4,6-8,15H,3,5,9-10H2,1H3. The molecule has 0 aliphatic rings. The number of hydrogen-bond acceptors (Lipinski definition) is 4. The zero-order chi connectivity index (χ0) is 13.5. The van der Waals surface area contributed by atoms with Gasteiger partial charge < -0.3 is 10.1 Å². The molecule has 0 radical (unpaired) electrons. The summed E-state index contributed by atoms with van der Waals surface area (Å²) in [4.78, 5) is 4.14. The molecule has 2 heterocycles. The van der Waals surface area contributed by atoms with Gasteiger partial charge in [-0.3, -0.25) is 9.67 Å². The van der Waals surface area contributed by atoms with Crippen LogP contribution in [0.1, 0.15) is 11.3 Å². The fourth-order valence-electron chi connectivity index (χ4n) is 1.71. The summed E-state index contributed by atoms with van der Waals surface area (Å²) in [5.74, 6) is 0. The van der Waals surface area contributed by atoms with Gasteiger partial charge in [-0.2, -0.15) is 5.10 Å². The average molecular weight is 325 g/mol. The van der Waals surface area contributed by atoms with Crippen molar-refractivity contribution in [1.82, 2.24) is 20.1 Å². The van der Waals surface area contributed by atoms with Gasteiger partial charge in [-0.15, -0.1) is 0 Å². The number of aromatic nitrogens is 3. The van der Waals surface area contributed by atoms with Crippen molar-refractivity contribution in [2.45, 2.75) is 13.1 Å². The number of pyridine rings is 1. The van der Waals surface area contributed by atoms with E-state index in [2.05, 4.69) is 31.3 Å². The van der Waals surface area contributed by atoms with Crippen LogP contribution >= 0.6 is 15.9 Å². The number of halogens is 1. The van der Waals surface area contributed by atoms with Gasteiger partial charge in [0.1, 0.15) is 0 Å². The molecular weight excluding hydrogens is 308 g/mol. The van der Waals surface area contributed by atoms with E-state index in [-0.39, 0.29) is 0 Å². The van der Waals surface area contributed by atoms with E-state index in [0.29, 0.717) is 6.61 Å². The van der Waals surface area contributed by atoms with E-state index < -0.39 is 0 Å². The number of nitrogens with zero attached hydrogens (tertiary/aromatic N) is 3. The summed E-state index contributed by atoms with van der Waals surface area (Å²) in [6.45, 7) is 3.03. The second-order valence-electron chi connectivity index (χ2n) is 4.19. The van der Waals surface area contributed by atoms with Gasteiger partial charge in [0, 0.05) is 43.3 Å². The second kappa shape index (κ2) is 7.37. The molecule has 6 heteroatoms. The minimum absolute atomic E-state index is 0.713. The van der Waals surface area contributed by atoms with Crippen molar-refractivity contribution in [2.75, 3.05) is 20.3 Å². The molecule has 5 nitrogen and oxygen atoms in total. The van der Waals surface area contributed by atoms with Crippen molar-refractivity contribution in [3.63, 3.8) is 0 Å². The van der Waals surface area contributed by atoms with Gasteiger partial charge >= 0.3 is 0 Å². The molecule has 0 aromatic carbocycles. The third-order valence-corrected chi connectivity index (χ3v) is 3.02. The van der Waals surface area contributed by atoms with Crippen LogP contribution in [0.5, 0.6) is 0 Å². The highest BCUT2D eigenvalue weighted by molar-refractivity contribution is 9.10. The monoisotopic (exact) mass is 324 g/mol. The Morgan fingerprint density at radius 3 is 3.11 bits per heavy atom. The Kier molecular flexibility index (Phi) is 5.50. The maximum absolute atomic E-state index is 4.98. The first kappa shape index (κ1) is 14.2. The third kappa shape index (κ3) is 4.74. The van der Waals surface area contributed by atoms with Gasteiger partial charge in [0.2, 0.25) is 0 Å². The molecule has 0 saturated heterocycles. The quantitative estimate of drug-likeness (QED) is 0.789. The van der Waals surface area contributed by atoms with Crippen LogP contribution in [0.2, 0.25) is 0 Å². The van der Waals surface area contributed by atoms with Gasteiger partial charge in [-0.25, -0.2) is 0 Å². The molecule has 2 aromatic heterocycles. The van der Waals surface area contributed by atoms with Crippen molar-refractivity contribution in [1.29, 1.82) is 0 Å². The maximum atomic E-state index is 4.98. The number of nitrogens with one attached hydrogen (secondary N) is 1. The Morgan fingerprint density at radius 1 is 1.42 bits per heavy atom. The van der Waals surface area contributed by atoms with E-state index in [1.165, 1.54) is 0 Å². The summed E-state index contributed by atoms with van der Waals surface area (Å²) in [5.41, 5.74) is 2.15. The zero-order valence-corrected chi connectivity index (χ0v) is 12.4. The average Bonchev–Trinajstić information content (AvgIpc) is 2.82. The lowest BCUT2D eigenvalue weighted by atomic mass is 10.3. The highest BCUT2D eigenvalue weighted by Crippen LogP contribution is 2.10. The Bertz CT molecular complexity index is 515. The van der Waals surface area contributed by atoms with Crippen molar-refractivity contribution in [3.8, 4) is 0 Å². The van der Waals surface area contributed by atoms with E-state index in [1.807, 2.05) is 29.2 Å². The summed E-state index contributed by atoms with van der Waals surface area (Å²) in [5, 5.41) is 7.77. The predicted molar refractivity (Wildman–Crippen MR) is 76.8 cm³/mol. The first-order valence-corrected chi connectivity index (χ1v) is 6.88. The Morgan fingerprint density at radius 2 is 2.32 bits per heavy atom. The smallest absolute Gasteiger partial charge is 0.0762 e. The molecule has 19 heavy (non-hydrogen) atoms. The van der Waals surface area contributed by atoms with Crippen LogP contribution in [0.15, 0.2) is 35.2 Å². The summed E-state index contributed by atoms with van der Waals surface area (Å²) in [7, 11) is 1.70. The van der Waals surface area contributed by atoms with Gasteiger partial charge in [-0.05, 0) is 33.6 Å². The first-order chi connectivity index (χ1) is 9.28. The van der Waals surface area contributed by atoms with Gasteiger partial charge in [0.05, 0.1) is 18.8 Å². The topological polar surface area (TPSA) is 52.0 Å². The number of methoxy groups -OCH3 is 1. The molecule has 1 N–H and O–H groups in total. The van der Waals surface area contributed by atoms with Crippen molar-refractivity contribution in [3.05, 3.63) is 46.5 Å². The number of hydrogen-bond donors (Lipinski definition) is 1. The molecule has 2 aromatic rings. The molecule has 0 unspecified atom stereocenters. The summed E-state index contributed by atoms with van der Waals surface area (Å²) in [6.07, 6.45) is 5.61. The predicted octanol–water partition coefficient (Wildman–Crippen LogP) is 1.82. The fourth-order valence-corrected chi connectivity index (χ4v) is 2.12. The lowest BCUT2D eigenvalue weighted by molar-refractivity contribution is 0.199. The van der Waals surface area contributed by atoms with Crippen LogP contribution in [-0.4, -0.2) is 35.0 Å². The first-order valence-electron chi connectivity index (χ1n) is 6.09. The van der Waals surface area contributed by atoms with Crippen molar-refractivity contribution in [2.24, 2.45) is 0 Å². The SMILES string of the molecule is COCCNCc1ccn(Cc2cncc(Br)c2)n1. The van der Waals surface area contributed by atoms with E-state index in [1.54, 1.807) is 13.3 Å². The minimum Gasteiger partial charge on any atom is -0.383 e. The Balaban J connectivity index is 1.87. The molecule has 0 saturated carbocycles. The largest absolute Gasteiger partial charge is 0.383 e. The molecule has 0 aliphatic carbocycles. The number of rotatable bonds is 7. The van der Waals surface area contributed by atoms with Crippen LogP contribution in [0.3, 0.4) is 0 Å². The second-order valence-corrected chi connectivity index (χ2v) is 5.10.